The van der Waals surface area contributed by atoms with Gasteiger partial charge < -0.3 is 10.6 Å². The summed E-state index contributed by atoms with van der Waals surface area (Å²) in [7, 11) is 0. The molecule has 0 saturated carbocycles. The highest BCUT2D eigenvalue weighted by Crippen LogP contribution is 2.23. The number of anilines is 2. The van der Waals surface area contributed by atoms with Crippen LogP contribution in [-0.2, 0) is 11.2 Å². The van der Waals surface area contributed by atoms with E-state index in [2.05, 4.69) is 36.5 Å². The second kappa shape index (κ2) is 7.40. The van der Waals surface area contributed by atoms with Crippen LogP contribution in [0.25, 0.3) is 10.9 Å². The van der Waals surface area contributed by atoms with Crippen LogP contribution < -0.4 is 10.6 Å². The van der Waals surface area contributed by atoms with Gasteiger partial charge in [-0.3, -0.25) is 4.79 Å². The number of hydrogen-bond acceptors (Lipinski definition) is 4. The number of aromatic nitrogens is 2. The molecule has 2 N–H and O–H groups in total. The van der Waals surface area contributed by atoms with Crippen molar-refractivity contribution in [2.45, 2.75) is 13.3 Å². The summed E-state index contributed by atoms with van der Waals surface area (Å²) in [5.74, 6) is 0.766. The van der Waals surface area contributed by atoms with Crippen LogP contribution in [0, 0.1) is 0 Å². The monoisotopic (exact) mass is 384 g/mol. The molecule has 1 heterocycles. The van der Waals surface area contributed by atoms with Crippen molar-refractivity contribution in [3.05, 3.63) is 58.8 Å². The number of nitrogens with one attached hydrogen (secondary N) is 2. The van der Waals surface area contributed by atoms with Crippen molar-refractivity contribution in [1.82, 2.24) is 9.97 Å². The second-order valence-electron chi connectivity index (χ2n) is 5.44. The average Bonchev–Trinajstić information content (AvgIpc) is 2.56. The van der Waals surface area contributed by atoms with Gasteiger partial charge in [0.1, 0.15) is 12.1 Å². The molecular formula is C18H17BrN4O. The van der Waals surface area contributed by atoms with Gasteiger partial charge in [0.05, 0.1) is 5.52 Å². The van der Waals surface area contributed by atoms with E-state index in [-0.39, 0.29) is 5.91 Å². The molecule has 2 aromatic carbocycles. The maximum absolute atomic E-state index is 11.0. The van der Waals surface area contributed by atoms with Crippen LogP contribution in [0.2, 0.25) is 0 Å². The zero-order valence-corrected chi connectivity index (χ0v) is 14.8. The van der Waals surface area contributed by atoms with E-state index in [1.54, 1.807) is 6.33 Å². The minimum absolute atomic E-state index is 0.0637. The van der Waals surface area contributed by atoms with Gasteiger partial charge in [-0.15, -0.1) is 0 Å². The SMILES string of the molecule is CC(=O)Nc1ccc(CCNc2ncnc3ccc(Br)cc23)cc1. The molecule has 3 rings (SSSR count). The van der Waals surface area contributed by atoms with E-state index in [9.17, 15) is 4.79 Å². The highest BCUT2D eigenvalue weighted by atomic mass is 79.9. The van der Waals surface area contributed by atoms with Crippen LogP contribution in [0.1, 0.15) is 12.5 Å². The lowest BCUT2D eigenvalue weighted by Crippen LogP contribution is -2.08. The van der Waals surface area contributed by atoms with E-state index in [1.807, 2.05) is 42.5 Å². The molecule has 5 nitrogen and oxygen atoms in total. The molecule has 0 unspecified atom stereocenters. The Labute approximate surface area is 148 Å². The molecule has 6 heteroatoms. The zero-order valence-electron chi connectivity index (χ0n) is 13.2. The topological polar surface area (TPSA) is 66.9 Å². The van der Waals surface area contributed by atoms with Crippen LogP contribution in [0.4, 0.5) is 11.5 Å². The van der Waals surface area contributed by atoms with Crippen LogP contribution in [0.15, 0.2) is 53.3 Å². The third kappa shape index (κ3) is 4.08. The summed E-state index contributed by atoms with van der Waals surface area (Å²) in [5.41, 5.74) is 2.91. The van der Waals surface area contributed by atoms with Crippen LogP contribution in [0.3, 0.4) is 0 Å². The molecule has 0 aliphatic rings. The lowest BCUT2D eigenvalue weighted by Gasteiger charge is -2.09. The quantitative estimate of drug-likeness (QED) is 0.697. The number of fused-ring (bicyclic) bond motifs is 1. The summed E-state index contributed by atoms with van der Waals surface area (Å²) in [6.07, 6.45) is 2.43. The predicted molar refractivity (Wildman–Crippen MR) is 100 cm³/mol. The average molecular weight is 385 g/mol. The largest absolute Gasteiger partial charge is 0.369 e. The number of carbonyl (C=O) groups is 1. The van der Waals surface area contributed by atoms with E-state index in [0.717, 1.165) is 39.8 Å². The number of halogens is 1. The van der Waals surface area contributed by atoms with Crippen molar-refractivity contribution in [3.8, 4) is 0 Å². The number of benzene rings is 2. The molecule has 0 radical (unpaired) electrons. The Kier molecular flexibility index (Phi) is 5.05. The maximum Gasteiger partial charge on any atom is 0.221 e. The van der Waals surface area contributed by atoms with Gasteiger partial charge in [-0.25, -0.2) is 9.97 Å². The normalized spacial score (nSPS) is 10.6. The molecule has 1 amide bonds. The summed E-state index contributed by atoms with van der Waals surface area (Å²) in [6, 6.07) is 13.8. The molecule has 1 aromatic heterocycles. The molecule has 0 saturated heterocycles. The molecular weight excluding hydrogens is 368 g/mol. The Morgan fingerprint density at radius 2 is 1.92 bits per heavy atom. The minimum atomic E-state index is -0.0637. The highest BCUT2D eigenvalue weighted by molar-refractivity contribution is 9.10. The molecule has 0 bridgehead atoms. The van der Waals surface area contributed by atoms with Crippen LogP contribution in [-0.4, -0.2) is 22.4 Å². The molecule has 24 heavy (non-hydrogen) atoms. The van der Waals surface area contributed by atoms with Crippen molar-refractivity contribution < 1.29 is 4.79 Å². The Morgan fingerprint density at radius 1 is 1.12 bits per heavy atom. The predicted octanol–water partition coefficient (Wildman–Crippen LogP) is 4.01. The molecule has 3 aromatic rings. The van der Waals surface area contributed by atoms with Gasteiger partial charge in [-0.05, 0) is 42.3 Å². The second-order valence-corrected chi connectivity index (χ2v) is 6.35. The molecule has 0 aliphatic heterocycles. The number of carbonyl (C=O) groups excluding carboxylic acids is 1. The first kappa shape index (κ1) is 16.4. The van der Waals surface area contributed by atoms with Crippen molar-refractivity contribution in [2.24, 2.45) is 0 Å². The van der Waals surface area contributed by atoms with Gasteiger partial charge in [-0.1, -0.05) is 28.1 Å². The van der Waals surface area contributed by atoms with E-state index in [1.165, 1.54) is 12.5 Å². The van der Waals surface area contributed by atoms with Crippen molar-refractivity contribution in [1.29, 1.82) is 0 Å². The molecule has 0 aliphatic carbocycles. The molecule has 0 spiro atoms. The Hall–Kier alpha value is -2.47. The summed E-state index contributed by atoms with van der Waals surface area (Å²) in [6.45, 7) is 2.26. The van der Waals surface area contributed by atoms with Gasteiger partial charge >= 0.3 is 0 Å². The lowest BCUT2D eigenvalue weighted by molar-refractivity contribution is -0.114. The summed E-state index contributed by atoms with van der Waals surface area (Å²) >= 11 is 3.48. The van der Waals surface area contributed by atoms with Gasteiger partial charge in [-0.2, -0.15) is 0 Å². The number of amides is 1. The summed E-state index contributed by atoms with van der Waals surface area (Å²) in [4.78, 5) is 19.6. The Morgan fingerprint density at radius 3 is 2.67 bits per heavy atom. The Bertz CT molecular complexity index is 865. The van der Waals surface area contributed by atoms with Crippen LogP contribution >= 0.6 is 15.9 Å². The van der Waals surface area contributed by atoms with E-state index < -0.39 is 0 Å². The molecule has 0 fully saturated rings. The third-order valence-corrected chi connectivity index (χ3v) is 4.07. The fourth-order valence-electron chi connectivity index (χ4n) is 2.45. The number of rotatable bonds is 5. The standard InChI is InChI=1S/C18H17BrN4O/c1-12(24)23-15-5-2-13(3-6-15)8-9-20-18-16-10-14(19)4-7-17(16)21-11-22-18/h2-7,10-11H,8-9H2,1H3,(H,23,24)(H,20,21,22). The van der Waals surface area contributed by atoms with E-state index in [4.69, 9.17) is 0 Å². The Balaban J connectivity index is 1.64. The fourth-order valence-corrected chi connectivity index (χ4v) is 2.81. The number of hydrogen-bond donors (Lipinski definition) is 2. The third-order valence-electron chi connectivity index (χ3n) is 3.58. The first-order chi connectivity index (χ1) is 11.6. The zero-order chi connectivity index (χ0) is 16.9. The van der Waals surface area contributed by atoms with E-state index >= 15 is 0 Å². The first-order valence-electron chi connectivity index (χ1n) is 7.62. The summed E-state index contributed by atoms with van der Waals surface area (Å²) in [5, 5.41) is 7.13. The highest BCUT2D eigenvalue weighted by Gasteiger charge is 2.04. The smallest absolute Gasteiger partial charge is 0.221 e. The molecule has 0 atom stereocenters. The van der Waals surface area contributed by atoms with Crippen molar-refractivity contribution in [3.63, 3.8) is 0 Å². The molecule has 122 valence electrons. The van der Waals surface area contributed by atoms with Crippen LogP contribution in [0.5, 0.6) is 0 Å². The fraction of sp³-hybridized carbons (Fsp3) is 0.167. The minimum Gasteiger partial charge on any atom is -0.369 e. The van der Waals surface area contributed by atoms with E-state index in [0.29, 0.717) is 0 Å². The van der Waals surface area contributed by atoms with Crippen molar-refractivity contribution >= 4 is 44.2 Å². The van der Waals surface area contributed by atoms with Gasteiger partial charge in [0.25, 0.3) is 0 Å². The summed E-state index contributed by atoms with van der Waals surface area (Å²) < 4.78 is 1.00. The van der Waals surface area contributed by atoms with Crippen molar-refractivity contribution in [2.75, 3.05) is 17.2 Å². The van der Waals surface area contributed by atoms with Gasteiger partial charge in [0.2, 0.25) is 5.91 Å². The maximum atomic E-state index is 11.0. The van der Waals surface area contributed by atoms with Gasteiger partial charge in [0.15, 0.2) is 0 Å². The number of nitrogens with zero attached hydrogens (tertiary/aromatic N) is 2. The first-order valence-corrected chi connectivity index (χ1v) is 8.42. The van der Waals surface area contributed by atoms with Gasteiger partial charge in [0, 0.05) is 29.0 Å². The lowest BCUT2D eigenvalue weighted by atomic mass is 10.1.